The van der Waals surface area contributed by atoms with Gasteiger partial charge in [-0.15, -0.1) is 0 Å². The molecule has 7 rings (SSSR count). The highest BCUT2D eigenvalue weighted by Gasteiger charge is 2.42. The predicted molar refractivity (Wildman–Crippen MR) is 118 cm³/mol. The minimum atomic E-state index is 0.291. The Morgan fingerprint density at radius 1 is 0.700 bits per heavy atom. The molecule has 4 aromatic rings. The molecule has 1 N–H and O–H groups in total. The van der Waals surface area contributed by atoms with Crippen molar-refractivity contribution in [2.75, 3.05) is 14.2 Å². The molecule has 0 spiro atoms. The third-order valence-corrected chi connectivity index (χ3v) is 6.70. The molecule has 0 amide bonds. The van der Waals surface area contributed by atoms with Crippen molar-refractivity contribution in [2.24, 2.45) is 0 Å². The Labute approximate surface area is 176 Å². The fraction of sp³-hybridized carbons (Fsp3) is 0.185. The first-order valence-electron chi connectivity index (χ1n) is 10.4. The largest absolute Gasteiger partial charge is 0.493 e. The van der Waals surface area contributed by atoms with Crippen LogP contribution in [0.5, 0.6) is 11.5 Å². The summed E-state index contributed by atoms with van der Waals surface area (Å²) in [4.78, 5) is 3.63. The van der Waals surface area contributed by atoms with Crippen LogP contribution in [0, 0.1) is 0 Å². The summed E-state index contributed by atoms with van der Waals surface area (Å²) in [5.74, 6) is 2.14. The lowest BCUT2D eigenvalue weighted by atomic mass is 9.61. The van der Waals surface area contributed by atoms with Gasteiger partial charge in [-0.2, -0.15) is 0 Å². The Bertz CT molecular complexity index is 1220. The van der Waals surface area contributed by atoms with Gasteiger partial charge in [0.05, 0.1) is 14.2 Å². The Morgan fingerprint density at radius 3 is 1.90 bits per heavy atom. The second-order valence-corrected chi connectivity index (χ2v) is 8.13. The van der Waals surface area contributed by atoms with Crippen LogP contribution in [0.2, 0.25) is 0 Å². The minimum absolute atomic E-state index is 0.291. The van der Waals surface area contributed by atoms with Crippen molar-refractivity contribution >= 4 is 0 Å². The van der Waals surface area contributed by atoms with Crippen molar-refractivity contribution in [2.45, 2.75) is 18.3 Å². The van der Waals surface area contributed by atoms with Crippen LogP contribution in [0.3, 0.4) is 0 Å². The van der Waals surface area contributed by atoms with Crippen LogP contribution in [-0.2, 0) is 6.42 Å². The number of H-pyrrole nitrogens is 1. The van der Waals surface area contributed by atoms with Gasteiger partial charge in [-0.05, 0) is 51.1 Å². The highest BCUT2D eigenvalue weighted by molar-refractivity contribution is 5.69. The third-order valence-electron chi connectivity index (χ3n) is 6.70. The van der Waals surface area contributed by atoms with Crippen LogP contribution in [0.15, 0.2) is 72.9 Å². The first-order chi connectivity index (χ1) is 14.8. The summed E-state index contributed by atoms with van der Waals surface area (Å²) < 4.78 is 10.9. The summed E-state index contributed by atoms with van der Waals surface area (Å²) in [6.07, 6.45) is 3.07. The molecule has 3 nitrogen and oxygen atoms in total. The fourth-order valence-corrected chi connectivity index (χ4v) is 5.47. The summed E-state index contributed by atoms with van der Waals surface area (Å²) in [5, 5.41) is 0. The average molecular weight is 393 g/mol. The summed E-state index contributed by atoms with van der Waals surface area (Å²) in [6.45, 7) is 0. The molecule has 3 aliphatic rings. The van der Waals surface area contributed by atoms with Gasteiger partial charge in [-0.1, -0.05) is 54.6 Å². The topological polar surface area (TPSA) is 34.2 Å². The summed E-state index contributed by atoms with van der Waals surface area (Å²) in [6, 6.07) is 24.1. The lowest BCUT2D eigenvalue weighted by Gasteiger charge is -2.41. The van der Waals surface area contributed by atoms with Crippen molar-refractivity contribution in [1.82, 2.24) is 4.98 Å². The molecule has 0 saturated heterocycles. The van der Waals surface area contributed by atoms with Gasteiger partial charge in [0.15, 0.2) is 11.5 Å². The highest BCUT2D eigenvalue weighted by Crippen LogP contribution is 2.56. The monoisotopic (exact) mass is 393 g/mol. The van der Waals surface area contributed by atoms with Gasteiger partial charge < -0.3 is 14.5 Å². The zero-order valence-corrected chi connectivity index (χ0v) is 17.1. The van der Waals surface area contributed by atoms with Crippen LogP contribution in [0.1, 0.15) is 56.5 Å². The Kier molecular flexibility index (Phi) is 3.79. The molecule has 1 aromatic heterocycles. The van der Waals surface area contributed by atoms with Crippen LogP contribution in [-0.4, -0.2) is 19.2 Å². The van der Waals surface area contributed by atoms with E-state index in [-0.39, 0.29) is 0 Å². The van der Waals surface area contributed by atoms with Gasteiger partial charge in [0.2, 0.25) is 0 Å². The van der Waals surface area contributed by atoms with Crippen molar-refractivity contribution in [3.63, 3.8) is 0 Å². The first-order valence-corrected chi connectivity index (χ1v) is 10.4. The lowest BCUT2D eigenvalue weighted by molar-refractivity contribution is 0.354. The van der Waals surface area contributed by atoms with Gasteiger partial charge in [-0.25, -0.2) is 0 Å². The summed E-state index contributed by atoms with van der Waals surface area (Å²) in [5.41, 5.74) is 11.2. The smallest absolute Gasteiger partial charge is 0.160 e. The third kappa shape index (κ3) is 2.32. The molecular weight excluding hydrogens is 370 g/mol. The molecule has 30 heavy (non-hydrogen) atoms. The number of hydrogen-bond acceptors (Lipinski definition) is 2. The summed E-state index contributed by atoms with van der Waals surface area (Å²) in [7, 11) is 3.36. The van der Waals surface area contributed by atoms with Gasteiger partial charge in [0.1, 0.15) is 0 Å². The molecule has 3 aromatic carbocycles. The molecule has 0 saturated carbocycles. The number of ether oxygens (including phenoxy) is 2. The van der Waals surface area contributed by atoms with Crippen molar-refractivity contribution in [1.29, 1.82) is 0 Å². The molecule has 0 unspecified atom stereocenters. The molecule has 0 radical (unpaired) electrons. The van der Waals surface area contributed by atoms with E-state index in [1.54, 1.807) is 14.2 Å². The molecule has 3 heteroatoms. The second-order valence-electron chi connectivity index (χ2n) is 8.13. The summed E-state index contributed by atoms with van der Waals surface area (Å²) >= 11 is 0. The first kappa shape index (κ1) is 17.4. The normalized spacial score (nSPS) is 17.8. The number of methoxy groups -OCH3 is 2. The Hall–Kier alpha value is -3.46. The number of rotatable bonds is 4. The van der Waals surface area contributed by atoms with Crippen LogP contribution in [0.4, 0.5) is 0 Å². The van der Waals surface area contributed by atoms with Crippen LogP contribution < -0.4 is 9.47 Å². The maximum atomic E-state index is 5.52. The molecule has 0 fully saturated rings. The number of aromatic nitrogens is 1. The van der Waals surface area contributed by atoms with Crippen LogP contribution >= 0.6 is 0 Å². The van der Waals surface area contributed by atoms with Crippen LogP contribution in [0.25, 0.3) is 0 Å². The van der Waals surface area contributed by atoms with E-state index >= 15 is 0 Å². The quantitative estimate of drug-likeness (QED) is 0.422. The maximum absolute atomic E-state index is 5.52. The minimum Gasteiger partial charge on any atom is -0.493 e. The molecule has 3 aliphatic carbocycles. The molecular formula is C27H23NO2. The van der Waals surface area contributed by atoms with E-state index in [1.807, 2.05) is 6.07 Å². The van der Waals surface area contributed by atoms with E-state index in [0.29, 0.717) is 11.8 Å². The van der Waals surface area contributed by atoms with E-state index in [1.165, 1.54) is 44.6 Å². The number of nitrogens with one attached hydrogen (secondary N) is 1. The zero-order chi connectivity index (χ0) is 20.2. The number of benzene rings is 3. The van der Waals surface area contributed by atoms with Gasteiger partial charge >= 0.3 is 0 Å². The van der Waals surface area contributed by atoms with Crippen molar-refractivity contribution in [3.05, 3.63) is 118 Å². The molecule has 0 atom stereocenters. The number of aromatic amines is 1. The second kappa shape index (κ2) is 6.53. The molecule has 2 bridgehead atoms. The van der Waals surface area contributed by atoms with E-state index < -0.39 is 0 Å². The predicted octanol–water partition coefficient (Wildman–Crippen LogP) is 5.61. The highest BCUT2D eigenvalue weighted by atomic mass is 16.5. The Balaban J connectivity index is 1.48. The Morgan fingerprint density at radius 2 is 1.30 bits per heavy atom. The van der Waals surface area contributed by atoms with Gasteiger partial charge in [-0.3, -0.25) is 0 Å². The van der Waals surface area contributed by atoms with E-state index in [0.717, 1.165) is 17.9 Å². The van der Waals surface area contributed by atoms with E-state index in [2.05, 4.69) is 71.8 Å². The van der Waals surface area contributed by atoms with Crippen molar-refractivity contribution in [3.8, 4) is 11.5 Å². The standard InChI is InChI=1S/C27H23NO2/c1-29-23-12-11-16(14-24(23)30-2)13-22-27-21(15-28-22)25-17-7-3-5-9-19(17)26(27)20-10-6-4-8-18(20)25/h3-12,14-15,25-26,28H,13H2,1-2H3. The van der Waals surface area contributed by atoms with E-state index in [4.69, 9.17) is 9.47 Å². The fourth-order valence-electron chi connectivity index (χ4n) is 5.47. The average Bonchev–Trinajstić information content (AvgIpc) is 3.22. The molecule has 0 aliphatic heterocycles. The van der Waals surface area contributed by atoms with Gasteiger partial charge in [0, 0.05) is 30.1 Å². The van der Waals surface area contributed by atoms with E-state index in [9.17, 15) is 0 Å². The molecule has 1 heterocycles. The lowest BCUT2D eigenvalue weighted by Crippen LogP contribution is -2.27. The zero-order valence-electron chi connectivity index (χ0n) is 17.1. The number of hydrogen-bond donors (Lipinski definition) is 1. The van der Waals surface area contributed by atoms with Crippen molar-refractivity contribution < 1.29 is 9.47 Å². The molecule has 148 valence electrons. The van der Waals surface area contributed by atoms with Gasteiger partial charge in [0.25, 0.3) is 0 Å². The SMILES string of the molecule is COc1ccc(Cc2[nH]cc3c2C2c4ccccc4C3c3ccccc32)cc1OC. The maximum Gasteiger partial charge on any atom is 0.160 e.